The van der Waals surface area contributed by atoms with Crippen LogP contribution >= 0.6 is 0 Å². The normalized spacial score (nSPS) is 24.9. The highest BCUT2D eigenvalue weighted by Gasteiger charge is 2.50. The zero-order valence-corrected chi connectivity index (χ0v) is 19.0. The predicted octanol–water partition coefficient (Wildman–Crippen LogP) is 2.59. The van der Waals surface area contributed by atoms with Gasteiger partial charge in [-0.2, -0.15) is 4.31 Å². The maximum absolute atomic E-state index is 13.5. The Morgan fingerprint density at radius 1 is 1.07 bits per heavy atom. The third-order valence-electron chi connectivity index (χ3n) is 6.23. The average Bonchev–Trinajstić information content (AvgIpc) is 2.64. The number of aryl methyl sites for hydroxylation is 1. The number of rotatable bonds is 4. The lowest BCUT2D eigenvalue weighted by atomic mass is 9.92. The number of hydrogen-bond donors (Lipinski definition) is 1. The maximum Gasteiger partial charge on any atom is 0.247 e. The summed E-state index contributed by atoms with van der Waals surface area (Å²) in [5.41, 5.74) is 0.325. The monoisotopic (exact) mass is 435 g/mol. The first-order chi connectivity index (χ1) is 14.1. The third kappa shape index (κ3) is 5.03. The van der Waals surface area contributed by atoms with E-state index in [-0.39, 0.29) is 25.0 Å². The molecule has 2 fully saturated rings. The van der Waals surface area contributed by atoms with Gasteiger partial charge in [0.15, 0.2) is 0 Å². The fraction of sp³-hybridized carbons (Fsp3) is 0.636. The lowest BCUT2D eigenvalue weighted by Crippen LogP contribution is -2.70. The molecule has 0 unspecified atom stereocenters. The van der Waals surface area contributed by atoms with E-state index in [0.717, 1.165) is 41.8 Å². The topological polar surface area (TPSA) is 86.8 Å². The van der Waals surface area contributed by atoms with Crippen molar-refractivity contribution in [3.05, 3.63) is 29.8 Å². The molecular weight excluding hydrogens is 402 g/mol. The molecule has 8 heteroatoms. The molecule has 1 aliphatic heterocycles. The summed E-state index contributed by atoms with van der Waals surface area (Å²) in [5.74, 6) is -0.693. The van der Waals surface area contributed by atoms with Crippen molar-refractivity contribution in [3.8, 4) is 0 Å². The minimum Gasteiger partial charge on any atom is -0.351 e. The first kappa shape index (κ1) is 22.7. The van der Waals surface area contributed by atoms with E-state index in [1.165, 1.54) is 24.2 Å². The van der Waals surface area contributed by atoms with Gasteiger partial charge in [0.2, 0.25) is 21.8 Å². The van der Waals surface area contributed by atoms with Crippen LogP contribution in [0.4, 0.5) is 5.69 Å². The van der Waals surface area contributed by atoms with Crippen LogP contribution in [0.5, 0.6) is 0 Å². The fourth-order valence-electron chi connectivity index (χ4n) is 4.44. The van der Waals surface area contributed by atoms with Crippen LogP contribution in [0.1, 0.15) is 57.4 Å². The number of carbonyl (C=O) groups is 2. The smallest absolute Gasteiger partial charge is 0.247 e. The average molecular weight is 436 g/mol. The van der Waals surface area contributed by atoms with Crippen molar-refractivity contribution < 1.29 is 18.0 Å². The van der Waals surface area contributed by atoms with Gasteiger partial charge >= 0.3 is 0 Å². The van der Waals surface area contributed by atoms with Gasteiger partial charge in [-0.3, -0.25) is 14.5 Å². The Bertz CT molecular complexity index is 876. The Labute approximate surface area is 179 Å². The fourth-order valence-corrected chi connectivity index (χ4v) is 5.27. The molecule has 1 heterocycles. The first-order valence-electron chi connectivity index (χ1n) is 10.8. The Hall–Kier alpha value is -1.93. The van der Waals surface area contributed by atoms with Crippen LogP contribution in [-0.2, 0) is 19.6 Å². The second-order valence-corrected chi connectivity index (χ2v) is 10.9. The van der Waals surface area contributed by atoms with Crippen molar-refractivity contribution in [2.45, 2.75) is 70.4 Å². The van der Waals surface area contributed by atoms with Crippen molar-refractivity contribution in [2.24, 2.45) is 0 Å². The van der Waals surface area contributed by atoms with Crippen LogP contribution in [-0.4, -0.2) is 55.5 Å². The number of hydrogen-bond acceptors (Lipinski definition) is 4. The molecule has 30 heavy (non-hydrogen) atoms. The number of anilines is 1. The van der Waals surface area contributed by atoms with Crippen LogP contribution < -0.4 is 10.2 Å². The molecule has 1 saturated heterocycles. The molecule has 1 saturated carbocycles. The van der Waals surface area contributed by atoms with Gasteiger partial charge in [-0.15, -0.1) is 0 Å². The molecular formula is C22H33N3O4S. The van der Waals surface area contributed by atoms with E-state index in [0.29, 0.717) is 5.69 Å². The summed E-state index contributed by atoms with van der Waals surface area (Å²) >= 11 is 0. The summed E-state index contributed by atoms with van der Waals surface area (Å²) in [6.07, 6.45) is 8.60. The van der Waals surface area contributed by atoms with E-state index < -0.39 is 21.5 Å². The predicted molar refractivity (Wildman–Crippen MR) is 118 cm³/mol. The second-order valence-electron chi connectivity index (χ2n) is 8.89. The summed E-state index contributed by atoms with van der Waals surface area (Å²) in [7, 11) is -3.61. The Morgan fingerprint density at radius 3 is 2.20 bits per heavy atom. The highest BCUT2D eigenvalue weighted by Crippen LogP contribution is 2.31. The number of amides is 2. The summed E-state index contributed by atoms with van der Waals surface area (Å²) < 4.78 is 25.6. The lowest BCUT2D eigenvalue weighted by molar-refractivity contribution is -0.133. The van der Waals surface area contributed by atoms with Gasteiger partial charge in [0.25, 0.3) is 0 Å². The summed E-state index contributed by atoms with van der Waals surface area (Å²) in [6, 6.07) is 7.45. The molecule has 1 atom stereocenters. The number of carbonyl (C=O) groups excluding carboxylic acids is 2. The van der Waals surface area contributed by atoms with Crippen molar-refractivity contribution in [2.75, 3.05) is 24.2 Å². The van der Waals surface area contributed by atoms with Crippen LogP contribution in [0.25, 0.3) is 0 Å². The minimum absolute atomic E-state index is 0.0539. The maximum atomic E-state index is 13.5. The van der Waals surface area contributed by atoms with Gasteiger partial charge in [-0.05, 0) is 38.8 Å². The second kappa shape index (κ2) is 9.06. The summed E-state index contributed by atoms with van der Waals surface area (Å²) in [5, 5.41) is 3.15. The molecule has 1 aromatic carbocycles. The molecule has 2 amide bonds. The van der Waals surface area contributed by atoms with Gasteiger partial charge in [0, 0.05) is 18.3 Å². The van der Waals surface area contributed by atoms with E-state index in [4.69, 9.17) is 0 Å². The third-order valence-corrected chi connectivity index (χ3v) is 7.43. The number of piperazine rings is 1. The highest BCUT2D eigenvalue weighted by atomic mass is 32.2. The van der Waals surface area contributed by atoms with Gasteiger partial charge in [-0.1, -0.05) is 49.8 Å². The van der Waals surface area contributed by atoms with Crippen LogP contribution in [0.15, 0.2) is 24.3 Å². The van der Waals surface area contributed by atoms with E-state index in [1.54, 1.807) is 6.92 Å². The Morgan fingerprint density at radius 2 is 1.63 bits per heavy atom. The van der Waals surface area contributed by atoms with E-state index in [2.05, 4.69) is 5.32 Å². The molecule has 7 nitrogen and oxygen atoms in total. The van der Waals surface area contributed by atoms with Crippen LogP contribution in [0.3, 0.4) is 0 Å². The molecule has 1 N–H and O–H groups in total. The molecule has 3 rings (SSSR count). The minimum atomic E-state index is -3.61. The van der Waals surface area contributed by atoms with Crippen molar-refractivity contribution in [1.29, 1.82) is 0 Å². The van der Waals surface area contributed by atoms with Crippen molar-refractivity contribution in [3.63, 3.8) is 0 Å². The molecule has 1 aliphatic carbocycles. The molecule has 0 aromatic heterocycles. The van der Waals surface area contributed by atoms with E-state index >= 15 is 0 Å². The number of nitrogens with one attached hydrogen (secondary N) is 1. The van der Waals surface area contributed by atoms with E-state index in [1.807, 2.05) is 31.2 Å². The van der Waals surface area contributed by atoms with Crippen molar-refractivity contribution in [1.82, 2.24) is 9.62 Å². The number of benzene rings is 1. The van der Waals surface area contributed by atoms with Gasteiger partial charge in [-0.25, -0.2) is 8.42 Å². The van der Waals surface area contributed by atoms with Crippen LogP contribution in [0, 0.1) is 6.92 Å². The van der Waals surface area contributed by atoms with Gasteiger partial charge < -0.3 is 5.32 Å². The Balaban J connectivity index is 1.92. The molecule has 0 bridgehead atoms. The largest absolute Gasteiger partial charge is 0.351 e. The van der Waals surface area contributed by atoms with Crippen LogP contribution in [0.2, 0.25) is 0 Å². The number of nitrogens with zero attached hydrogens (tertiary/aromatic N) is 2. The SMILES string of the molecule is Cc1ccc(N2C(=O)CN(S(C)(=O)=O)C[C@@]2(C)C(=O)NC2CCCCCCC2)cc1. The summed E-state index contributed by atoms with van der Waals surface area (Å²) in [6.45, 7) is 3.29. The number of sulfonamides is 1. The molecule has 0 radical (unpaired) electrons. The molecule has 2 aliphatic rings. The first-order valence-corrected chi connectivity index (χ1v) is 12.6. The van der Waals surface area contributed by atoms with E-state index in [9.17, 15) is 18.0 Å². The summed E-state index contributed by atoms with van der Waals surface area (Å²) in [4.78, 5) is 28.1. The molecule has 166 valence electrons. The van der Waals surface area contributed by atoms with Gasteiger partial charge in [0.1, 0.15) is 5.54 Å². The highest BCUT2D eigenvalue weighted by molar-refractivity contribution is 7.88. The standard InChI is InChI=1S/C22H33N3O4S/c1-17-11-13-19(14-12-17)25-20(26)15-24(30(3,28)29)16-22(25,2)21(27)23-18-9-7-5-4-6-8-10-18/h11-14,18H,4-10,15-16H2,1-3H3,(H,23,27)/t22-/m0/s1. The zero-order valence-electron chi connectivity index (χ0n) is 18.2. The zero-order chi connectivity index (χ0) is 21.9. The van der Waals surface area contributed by atoms with Gasteiger partial charge in [0.05, 0.1) is 12.8 Å². The van der Waals surface area contributed by atoms with Crippen molar-refractivity contribution >= 4 is 27.5 Å². The Kier molecular flexibility index (Phi) is 6.87. The quantitative estimate of drug-likeness (QED) is 0.788. The lowest BCUT2D eigenvalue weighted by Gasteiger charge is -2.47. The molecule has 0 spiro atoms. The molecule has 1 aromatic rings.